The minimum atomic E-state index is -1.23. The van der Waals surface area contributed by atoms with E-state index in [0.29, 0.717) is 18.0 Å². The van der Waals surface area contributed by atoms with Gasteiger partial charge in [-0.1, -0.05) is 39.8 Å². The van der Waals surface area contributed by atoms with E-state index in [4.69, 9.17) is 9.15 Å². The van der Waals surface area contributed by atoms with Gasteiger partial charge in [-0.05, 0) is 43.8 Å². The predicted molar refractivity (Wildman–Crippen MR) is 126 cm³/mol. The van der Waals surface area contributed by atoms with Crippen LogP contribution in [0.5, 0.6) is 0 Å². The Hall–Kier alpha value is -2.25. The molecule has 1 aliphatic heterocycles. The van der Waals surface area contributed by atoms with E-state index >= 15 is 0 Å². The van der Waals surface area contributed by atoms with Crippen molar-refractivity contribution in [3.05, 3.63) is 35.6 Å². The lowest BCUT2D eigenvalue weighted by Gasteiger charge is -2.34. The van der Waals surface area contributed by atoms with Crippen LogP contribution >= 0.6 is 0 Å². The molecule has 0 bridgehead atoms. The first-order chi connectivity index (χ1) is 15.4. The Kier molecular flexibility index (Phi) is 9.61. The summed E-state index contributed by atoms with van der Waals surface area (Å²) in [6.07, 6.45) is 7.50. The van der Waals surface area contributed by atoms with Crippen molar-refractivity contribution in [2.45, 2.75) is 92.0 Å². The molecule has 2 N–H and O–H groups in total. The Morgan fingerprint density at radius 1 is 1.21 bits per heavy atom. The van der Waals surface area contributed by atoms with Crippen molar-refractivity contribution >= 4 is 17.8 Å². The van der Waals surface area contributed by atoms with Gasteiger partial charge in [0.2, 0.25) is 0 Å². The van der Waals surface area contributed by atoms with Gasteiger partial charge < -0.3 is 19.4 Å². The Morgan fingerprint density at radius 3 is 2.55 bits per heavy atom. The number of ketones is 1. The predicted octanol–water partition coefficient (Wildman–Crippen LogP) is 4.41. The summed E-state index contributed by atoms with van der Waals surface area (Å²) in [7, 11) is 0. The van der Waals surface area contributed by atoms with Gasteiger partial charge in [0.1, 0.15) is 23.8 Å². The van der Waals surface area contributed by atoms with Gasteiger partial charge in [0.15, 0.2) is 5.89 Å². The molecule has 0 spiro atoms. The number of aryl methyl sites for hydroxylation is 1. The first-order valence-corrected chi connectivity index (χ1v) is 11.8. The first-order valence-electron chi connectivity index (χ1n) is 11.8. The molecule has 0 saturated heterocycles. The largest absolute Gasteiger partial charge is 0.457 e. The minimum Gasteiger partial charge on any atom is -0.457 e. The molecule has 7 nitrogen and oxygen atoms in total. The Bertz CT molecular complexity index is 868. The zero-order valence-electron chi connectivity index (χ0n) is 20.7. The molecule has 0 radical (unpaired) electrons. The SMILES string of the molecule is C/C(=C\c1coc(C)n1)[C@H]1C/C=C\CCC[C@@H](C)[C@@H](O)[C@@H](C)C(=O)C(C)(C)[C@@H](O)CC(=O)O1. The van der Waals surface area contributed by atoms with Crippen LogP contribution in [0.1, 0.15) is 78.3 Å². The van der Waals surface area contributed by atoms with Crippen LogP contribution in [0.3, 0.4) is 0 Å². The second-order valence-electron chi connectivity index (χ2n) is 9.86. The number of hydrogen-bond acceptors (Lipinski definition) is 7. The van der Waals surface area contributed by atoms with E-state index in [1.165, 1.54) is 0 Å². The lowest BCUT2D eigenvalue weighted by Crippen LogP contribution is -2.45. The lowest BCUT2D eigenvalue weighted by molar-refractivity contribution is -0.154. The van der Waals surface area contributed by atoms with Crippen LogP contribution in [0.25, 0.3) is 6.08 Å². The average molecular weight is 462 g/mol. The molecule has 0 saturated carbocycles. The molecular formula is C26H39NO6. The fraction of sp³-hybridized carbons (Fsp3) is 0.654. The van der Waals surface area contributed by atoms with Crippen molar-refractivity contribution in [1.29, 1.82) is 0 Å². The highest BCUT2D eigenvalue weighted by Gasteiger charge is 2.42. The fourth-order valence-electron chi connectivity index (χ4n) is 4.18. The zero-order valence-corrected chi connectivity index (χ0v) is 20.7. The molecule has 1 aliphatic rings. The topological polar surface area (TPSA) is 110 Å². The van der Waals surface area contributed by atoms with Gasteiger partial charge in [0.25, 0.3) is 0 Å². The van der Waals surface area contributed by atoms with Crippen LogP contribution in [0.15, 0.2) is 28.4 Å². The highest BCUT2D eigenvalue weighted by atomic mass is 16.5. The second-order valence-corrected chi connectivity index (χ2v) is 9.86. The normalized spacial score (nSPS) is 31.8. The molecule has 184 valence electrons. The van der Waals surface area contributed by atoms with E-state index in [0.717, 1.165) is 24.8 Å². The molecule has 1 aromatic rings. The Labute approximate surface area is 196 Å². The summed E-state index contributed by atoms with van der Waals surface area (Å²) in [4.78, 5) is 30.1. The molecule has 0 aromatic carbocycles. The molecule has 33 heavy (non-hydrogen) atoms. The highest BCUT2D eigenvalue weighted by Crippen LogP contribution is 2.32. The van der Waals surface area contributed by atoms with Crippen molar-refractivity contribution in [3.63, 3.8) is 0 Å². The number of Topliss-reactive ketones (excluding diaryl/α,β-unsaturated/α-hetero) is 1. The van der Waals surface area contributed by atoms with Gasteiger partial charge >= 0.3 is 5.97 Å². The summed E-state index contributed by atoms with van der Waals surface area (Å²) in [6.45, 7) is 10.5. The lowest BCUT2D eigenvalue weighted by atomic mass is 9.73. The summed E-state index contributed by atoms with van der Waals surface area (Å²) in [5.74, 6) is -0.991. The van der Waals surface area contributed by atoms with Crippen LogP contribution in [-0.4, -0.2) is 45.3 Å². The van der Waals surface area contributed by atoms with Crippen molar-refractivity contribution in [3.8, 4) is 0 Å². The van der Waals surface area contributed by atoms with Crippen molar-refractivity contribution < 1.29 is 29.0 Å². The summed E-state index contributed by atoms with van der Waals surface area (Å²) in [5.41, 5.74) is 0.248. The maximum atomic E-state index is 13.1. The highest BCUT2D eigenvalue weighted by molar-refractivity contribution is 5.88. The molecule has 7 heteroatoms. The Morgan fingerprint density at radius 2 is 1.91 bits per heavy atom. The third kappa shape index (κ3) is 7.37. The van der Waals surface area contributed by atoms with Gasteiger partial charge in [-0.25, -0.2) is 4.98 Å². The minimum absolute atomic E-state index is 0.0491. The Balaban J connectivity index is 2.27. The molecule has 0 amide bonds. The van der Waals surface area contributed by atoms with Gasteiger partial charge in [0.05, 0.1) is 24.0 Å². The number of rotatable bonds is 2. The van der Waals surface area contributed by atoms with Gasteiger partial charge in [-0.15, -0.1) is 0 Å². The zero-order chi connectivity index (χ0) is 24.8. The monoisotopic (exact) mass is 461 g/mol. The van der Waals surface area contributed by atoms with Crippen LogP contribution in [0.4, 0.5) is 0 Å². The number of aromatic nitrogens is 1. The van der Waals surface area contributed by atoms with Gasteiger partial charge in [-0.2, -0.15) is 0 Å². The van der Waals surface area contributed by atoms with Crippen LogP contribution < -0.4 is 0 Å². The van der Waals surface area contributed by atoms with Gasteiger partial charge in [-0.3, -0.25) is 9.59 Å². The number of oxazole rings is 1. The number of carbonyl (C=O) groups is 2. The van der Waals surface area contributed by atoms with E-state index < -0.39 is 35.6 Å². The van der Waals surface area contributed by atoms with Crippen LogP contribution in [0, 0.1) is 24.2 Å². The van der Waals surface area contributed by atoms with Crippen molar-refractivity contribution in [2.75, 3.05) is 0 Å². The third-order valence-electron chi connectivity index (χ3n) is 6.68. The molecule has 5 atom stereocenters. The van der Waals surface area contributed by atoms with E-state index in [9.17, 15) is 19.8 Å². The number of hydrogen-bond donors (Lipinski definition) is 2. The molecule has 0 fully saturated rings. The quantitative estimate of drug-likeness (QED) is 0.496. The van der Waals surface area contributed by atoms with Crippen molar-refractivity contribution in [1.82, 2.24) is 4.98 Å². The summed E-state index contributed by atoms with van der Waals surface area (Å²) < 4.78 is 11.0. The maximum Gasteiger partial charge on any atom is 0.309 e. The number of nitrogens with zero attached hydrogens (tertiary/aromatic N) is 1. The molecule has 1 aromatic heterocycles. The van der Waals surface area contributed by atoms with E-state index in [1.807, 2.05) is 32.1 Å². The standard InChI is InChI=1S/C26H39NO6/c1-16-11-9-7-8-10-12-21(17(2)13-20-15-32-19(4)27-20)33-23(29)14-22(28)26(5,6)25(31)18(3)24(16)30/h8,10,13,15-16,18,21-22,24,28,30H,7,9,11-12,14H2,1-6H3/b10-8-,17-13+/t16-,18-,21-,22+,24-/m1/s1. The first kappa shape index (κ1) is 27.0. The molecule has 0 unspecified atom stereocenters. The number of ether oxygens (including phenoxy) is 1. The summed E-state index contributed by atoms with van der Waals surface area (Å²) >= 11 is 0. The number of cyclic esters (lactones) is 1. The van der Waals surface area contributed by atoms with Crippen LogP contribution in [0.2, 0.25) is 0 Å². The molecule has 2 rings (SSSR count). The van der Waals surface area contributed by atoms with E-state index in [-0.39, 0.29) is 18.1 Å². The number of carbonyl (C=O) groups excluding carboxylic acids is 2. The van der Waals surface area contributed by atoms with Crippen molar-refractivity contribution in [2.24, 2.45) is 17.3 Å². The number of esters is 1. The van der Waals surface area contributed by atoms with E-state index in [1.54, 1.807) is 34.0 Å². The fourth-order valence-corrected chi connectivity index (χ4v) is 4.18. The second kappa shape index (κ2) is 11.7. The van der Waals surface area contributed by atoms with Gasteiger partial charge in [0, 0.05) is 19.3 Å². The maximum absolute atomic E-state index is 13.1. The number of aliphatic hydroxyl groups excluding tert-OH is 2. The average Bonchev–Trinajstić information content (AvgIpc) is 3.16. The molecule has 0 aliphatic carbocycles. The molecular weight excluding hydrogens is 422 g/mol. The summed E-state index contributed by atoms with van der Waals surface area (Å²) in [6, 6.07) is 0. The van der Waals surface area contributed by atoms with E-state index in [2.05, 4.69) is 4.98 Å². The number of aliphatic hydroxyl groups is 2. The summed E-state index contributed by atoms with van der Waals surface area (Å²) in [5, 5.41) is 21.5. The van der Waals surface area contributed by atoms with Crippen LogP contribution in [-0.2, 0) is 14.3 Å². The molecule has 2 heterocycles. The third-order valence-corrected chi connectivity index (χ3v) is 6.68. The smallest absolute Gasteiger partial charge is 0.309 e. The number of allylic oxidation sites excluding steroid dienone is 1.